The number of anilines is 1. The number of nitrogens with one attached hydrogen (secondary N) is 1. The van der Waals surface area contributed by atoms with Gasteiger partial charge in [-0.15, -0.1) is 0 Å². The zero-order valence-electron chi connectivity index (χ0n) is 11.2. The highest BCUT2D eigenvalue weighted by Gasteiger charge is 2.41. The quantitative estimate of drug-likeness (QED) is 0.908. The Hall–Kier alpha value is -1.82. The molecule has 1 fully saturated rings. The number of fused-ring (bicyclic) bond motifs is 1. The van der Waals surface area contributed by atoms with Crippen LogP contribution in [0.3, 0.4) is 0 Å². The summed E-state index contributed by atoms with van der Waals surface area (Å²) in [5.41, 5.74) is 0.285. The number of hydrogen-bond donors (Lipinski definition) is 2. The second kappa shape index (κ2) is 4.87. The van der Waals surface area contributed by atoms with E-state index in [1.165, 1.54) is 12.3 Å². The fraction of sp³-hybridized carbons (Fsp3) is 0.400. The smallest absolute Gasteiger partial charge is 0.396 e. The number of halogens is 3. The topological polar surface area (TPSA) is 45.1 Å². The molecule has 3 rings (SSSR count). The molecule has 1 aliphatic carbocycles. The van der Waals surface area contributed by atoms with Gasteiger partial charge < -0.3 is 10.4 Å². The Bertz CT molecular complexity index is 666. The summed E-state index contributed by atoms with van der Waals surface area (Å²) >= 11 is 0. The first-order chi connectivity index (χ1) is 9.93. The molecule has 0 bridgehead atoms. The summed E-state index contributed by atoms with van der Waals surface area (Å²) < 4.78 is 38.1. The lowest BCUT2D eigenvalue weighted by molar-refractivity contribution is -0.137. The van der Waals surface area contributed by atoms with E-state index in [-0.39, 0.29) is 12.0 Å². The van der Waals surface area contributed by atoms with Gasteiger partial charge in [-0.3, -0.25) is 4.98 Å². The van der Waals surface area contributed by atoms with E-state index < -0.39 is 11.7 Å². The third-order valence-corrected chi connectivity index (χ3v) is 4.02. The van der Waals surface area contributed by atoms with Gasteiger partial charge in [0.15, 0.2) is 0 Å². The third-order valence-electron chi connectivity index (χ3n) is 4.02. The monoisotopic (exact) mass is 296 g/mol. The molecule has 1 aromatic carbocycles. The standard InChI is InChI=1S/C15H15F3N2O/c16-15(17,18)10-1-2-11-12(3-6-19-13(11)7-10)20-8-14(9-21)4-5-14/h1-3,6-7,21H,4-5,8-9H2,(H,19,20). The molecule has 112 valence electrons. The molecule has 1 saturated carbocycles. The number of alkyl halides is 3. The van der Waals surface area contributed by atoms with E-state index in [1.807, 2.05) is 0 Å². The van der Waals surface area contributed by atoms with E-state index in [9.17, 15) is 18.3 Å². The number of rotatable bonds is 4. The number of hydrogen-bond acceptors (Lipinski definition) is 3. The molecule has 0 unspecified atom stereocenters. The number of pyridine rings is 1. The Morgan fingerprint density at radius 3 is 2.62 bits per heavy atom. The van der Waals surface area contributed by atoms with E-state index in [2.05, 4.69) is 10.3 Å². The lowest BCUT2D eigenvalue weighted by Gasteiger charge is -2.15. The number of aliphatic hydroxyl groups is 1. The summed E-state index contributed by atoms with van der Waals surface area (Å²) in [7, 11) is 0. The van der Waals surface area contributed by atoms with Crippen molar-refractivity contribution in [2.45, 2.75) is 19.0 Å². The van der Waals surface area contributed by atoms with E-state index in [1.54, 1.807) is 6.07 Å². The molecule has 2 N–H and O–H groups in total. The SMILES string of the molecule is OCC1(CNc2ccnc3cc(C(F)(F)F)ccc23)CC1. The van der Waals surface area contributed by atoms with Gasteiger partial charge in [0.2, 0.25) is 0 Å². The van der Waals surface area contributed by atoms with Gasteiger partial charge in [-0.1, -0.05) is 6.07 Å². The van der Waals surface area contributed by atoms with Crippen molar-refractivity contribution in [2.75, 3.05) is 18.5 Å². The summed E-state index contributed by atoms with van der Waals surface area (Å²) in [5, 5.41) is 13.2. The van der Waals surface area contributed by atoms with Gasteiger partial charge in [-0.25, -0.2) is 0 Å². The van der Waals surface area contributed by atoms with Gasteiger partial charge in [0.05, 0.1) is 17.7 Å². The normalized spacial score (nSPS) is 17.0. The molecule has 3 nitrogen and oxygen atoms in total. The van der Waals surface area contributed by atoms with Crippen LogP contribution in [0.4, 0.5) is 18.9 Å². The van der Waals surface area contributed by atoms with Crippen molar-refractivity contribution in [3.8, 4) is 0 Å². The molecular weight excluding hydrogens is 281 g/mol. The van der Waals surface area contributed by atoms with Crippen LogP contribution < -0.4 is 5.32 Å². The predicted molar refractivity (Wildman–Crippen MR) is 74.0 cm³/mol. The number of aliphatic hydroxyl groups excluding tert-OH is 1. The molecule has 0 spiro atoms. The van der Waals surface area contributed by atoms with E-state index in [0.29, 0.717) is 17.4 Å². The maximum atomic E-state index is 12.7. The fourth-order valence-electron chi connectivity index (χ4n) is 2.33. The van der Waals surface area contributed by atoms with Crippen molar-refractivity contribution < 1.29 is 18.3 Å². The minimum atomic E-state index is -4.37. The molecule has 0 aliphatic heterocycles. The Balaban J connectivity index is 1.89. The molecule has 1 aromatic heterocycles. The van der Waals surface area contributed by atoms with E-state index >= 15 is 0 Å². The van der Waals surface area contributed by atoms with E-state index in [0.717, 1.165) is 30.7 Å². The number of benzene rings is 1. The highest BCUT2D eigenvalue weighted by molar-refractivity contribution is 5.91. The maximum absolute atomic E-state index is 12.7. The van der Waals surface area contributed by atoms with Crippen LogP contribution in [0, 0.1) is 5.41 Å². The largest absolute Gasteiger partial charge is 0.416 e. The predicted octanol–water partition coefficient (Wildman–Crippen LogP) is 3.44. The highest BCUT2D eigenvalue weighted by atomic mass is 19.4. The first-order valence-corrected chi connectivity index (χ1v) is 6.74. The zero-order chi connectivity index (χ0) is 15.1. The number of aromatic nitrogens is 1. The van der Waals surface area contributed by atoms with Crippen molar-refractivity contribution in [2.24, 2.45) is 5.41 Å². The van der Waals surface area contributed by atoms with Crippen LogP contribution in [-0.4, -0.2) is 23.2 Å². The Morgan fingerprint density at radius 1 is 1.24 bits per heavy atom. The first kappa shape index (κ1) is 14.1. The summed E-state index contributed by atoms with van der Waals surface area (Å²) in [6.45, 7) is 0.741. The van der Waals surface area contributed by atoms with Crippen LogP contribution in [0.5, 0.6) is 0 Å². The lowest BCUT2D eigenvalue weighted by Crippen LogP contribution is -2.19. The van der Waals surface area contributed by atoms with Gasteiger partial charge in [0.25, 0.3) is 0 Å². The molecule has 21 heavy (non-hydrogen) atoms. The molecular formula is C15H15F3N2O. The van der Waals surface area contributed by atoms with Crippen LogP contribution in [0.15, 0.2) is 30.5 Å². The van der Waals surface area contributed by atoms with Gasteiger partial charge in [-0.2, -0.15) is 13.2 Å². The Kier molecular flexibility index (Phi) is 3.28. The zero-order valence-corrected chi connectivity index (χ0v) is 11.2. The average Bonchev–Trinajstić information content (AvgIpc) is 3.24. The molecule has 0 amide bonds. The molecule has 0 radical (unpaired) electrons. The van der Waals surface area contributed by atoms with E-state index in [4.69, 9.17) is 0 Å². The summed E-state index contributed by atoms with van der Waals surface area (Å²) in [6, 6.07) is 5.29. The van der Waals surface area contributed by atoms with Crippen molar-refractivity contribution in [3.63, 3.8) is 0 Å². The Labute approximate surface area is 119 Å². The minimum absolute atomic E-state index is 0.0680. The lowest BCUT2D eigenvalue weighted by atomic mass is 10.1. The van der Waals surface area contributed by atoms with Crippen molar-refractivity contribution in [1.82, 2.24) is 4.98 Å². The van der Waals surface area contributed by atoms with Gasteiger partial charge in [0, 0.05) is 29.2 Å². The van der Waals surface area contributed by atoms with Crippen LogP contribution in [-0.2, 0) is 6.18 Å². The van der Waals surface area contributed by atoms with Crippen molar-refractivity contribution in [1.29, 1.82) is 0 Å². The maximum Gasteiger partial charge on any atom is 0.416 e. The van der Waals surface area contributed by atoms with Crippen LogP contribution >= 0.6 is 0 Å². The molecule has 0 atom stereocenters. The summed E-state index contributed by atoms with van der Waals surface area (Å²) in [5.74, 6) is 0. The molecule has 1 aliphatic rings. The van der Waals surface area contributed by atoms with Crippen molar-refractivity contribution in [3.05, 3.63) is 36.0 Å². The second-order valence-electron chi connectivity index (χ2n) is 5.60. The molecule has 2 aromatic rings. The van der Waals surface area contributed by atoms with Crippen LogP contribution in [0.2, 0.25) is 0 Å². The third kappa shape index (κ3) is 2.81. The Morgan fingerprint density at radius 2 is 2.00 bits per heavy atom. The second-order valence-corrected chi connectivity index (χ2v) is 5.60. The number of nitrogens with zero attached hydrogens (tertiary/aromatic N) is 1. The molecule has 6 heteroatoms. The highest BCUT2D eigenvalue weighted by Crippen LogP contribution is 2.45. The van der Waals surface area contributed by atoms with Crippen LogP contribution in [0.25, 0.3) is 10.9 Å². The van der Waals surface area contributed by atoms with Gasteiger partial charge in [0.1, 0.15) is 0 Å². The molecule has 1 heterocycles. The average molecular weight is 296 g/mol. The van der Waals surface area contributed by atoms with Gasteiger partial charge in [-0.05, 0) is 31.0 Å². The van der Waals surface area contributed by atoms with Crippen LogP contribution in [0.1, 0.15) is 18.4 Å². The minimum Gasteiger partial charge on any atom is -0.396 e. The summed E-state index contributed by atoms with van der Waals surface area (Å²) in [4.78, 5) is 4.01. The van der Waals surface area contributed by atoms with Crippen molar-refractivity contribution >= 4 is 16.6 Å². The summed E-state index contributed by atoms with van der Waals surface area (Å²) in [6.07, 6.45) is -0.937. The van der Waals surface area contributed by atoms with Gasteiger partial charge >= 0.3 is 6.18 Å². The molecule has 0 saturated heterocycles. The first-order valence-electron chi connectivity index (χ1n) is 6.74. The fourth-order valence-corrected chi connectivity index (χ4v) is 2.33.